The Morgan fingerprint density at radius 3 is 2.53 bits per heavy atom. The SMILES string of the molecule is Cc1cccc(C)c1C(=O)NCC1CCCC1CO. The Balaban J connectivity index is 1.98. The predicted molar refractivity (Wildman–Crippen MR) is 76.2 cm³/mol. The lowest BCUT2D eigenvalue weighted by molar-refractivity contribution is 0.0936. The molecule has 1 amide bonds. The third kappa shape index (κ3) is 3.16. The van der Waals surface area contributed by atoms with Gasteiger partial charge < -0.3 is 10.4 Å². The van der Waals surface area contributed by atoms with Gasteiger partial charge in [-0.3, -0.25) is 4.79 Å². The highest BCUT2D eigenvalue weighted by Gasteiger charge is 2.27. The molecule has 3 heteroatoms. The second-order valence-electron chi connectivity index (χ2n) is 5.61. The van der Waals surface area contributed by atoms with Crippen LogP contribution in [0.4, 0.5) is 0 Å². The van der Waals surface area contributed by atoms with Crippen LogP contribution in [0, 0.1) is 25.7 Å². The topological polar surface area (TPSA) is 49.3 Å². The number of carbonyl (C=O) groups is 1. The normalized spacial score (nSPS) is 22.5. The summed E-state index contributed by atoms with van der Waals surface area (Å²) in [5, 5.41) is 12.3. The van der Waals surface area contributed by atoms with Gasteiger partial charge in [0.2, 0.25) is 0 Å². The van der Waals surface area contributed by atoms with Gasteiger partial charge in [-0.15, -0.1) is 0 Å². The molecule has 0 aromatic heterocycles. The van der Waals surface area contributed by atoms with Gasteiger partial charge in [0, 0.05) is 18.7 Å². The van der Waals surface area contributed by atoms with Gasteiger partial charge in [-0.1, -0.05) is 24.6 Å². The number of aliphatic hydroxyl groups excluding tert-OH is 1. The number of hydrogen-bond donors (Lipinski definition) is 2. The number of aliphatic hydroxyl groups is 1. The van der Waals surface area contributed by atoms with Crippen molar-refractivity contribution in [1.82, 2.24) is 5.32 Å². The first-order valence-corrected chi connectivity index (χ1v) is 7.08. The van der Waals surface area contributed by atoms with Gasteiger partial charge in [-0.05, 0) is 49.7 Å². The number of aryl methyl sites for hydroxylation is 2. The second kappa shape index (κ2) is 6.20. The van der Waals surface area contributed by atoms with E-state index >= 15 is 0 Å². The van der Waals surface area contributed by atoms with E-state index in [0.717, 1.165) is 36.0 Å². The van der Waals surface area contributed by atoms with Crippen LogP contribution in [0.1, 0.15) is 40.7 Å². The number of hydrogen-bond acceptors (Lipinski definition) is 2. The minimum absolute atomic E-state index is 0.0131. The van der Waals surface area contributed by atoms with Crippen LogP contribution >= 0.6 is 0 Å². The van der Waals surface area contributed by atoms with Crippen LogP contribution in [0.25, 0.3) is 0 Å². The van der Waals surface area contributed by atoms with E-state index in [1.165, 1.54) is 0 Å². The summed E-state index contributed by atoms with van der Waals surface area (Å²) >= 11 is 0. The second-order valence-corrected chi connectivity index (χ2v) is 5.61. The first-order valence-electron chi connectivity index (χ1n) is 7.08. The Bertz CT molecular complexity index is 436. The van der Waals surface area contributed by atoms with E-state index in [4.69, 9.17) is 0 Å². The zero-order chi connectivity index (χ0) is 13.8. The molecule has 0 bridgehead atoms. The molecule has 1 aromatic carbocycles. The number of carbonyl (C=O) groups excluding carboxylic acids is 1. The molecule has 3 nitrogen and oxygen atoms in total. The lowest BCUT2D eigenvalue weighted by Gasteiger charge is -2.18. The minimum atomic E-state index is 0.0131. The van der Waals surface area contributed by atoms with E-state index in [0.29, 0.717) is 18.4 Å². The standard InChI is InChI=1S/C16H23NO2/c1-11-5-3-6-12(2)15(11)16(19)17-9-13-7-4-8-14(13)10-18/h3,5-6,13-14,18H,4,7-10H2,1-2H3,(H,17,19). The van der Waals surface area contributed by atoms with Crippen molar-refractivity contribution in [3.8, 4) is 0 Å². The van der Waals surface area contributed by atoms with E-state index in [-0.39, 0.29) is 12.5 Å². The third-order valence-corrected chi connectivity index (χ3v) is 4.28. The maximum atomic E-state index is 12.3. The molecule has 0 radical (unpaired) electrons. The number of benzene rings is 1. The van der Waals surface area contributed by atoms with Crippen LogP contribution in [-0.2, 0) is 0 Å². The van der Waals surface area contributed by atoms with E-state index < -0.39 is 0 Å². The fourth-order valence-corrected chi connectivity index (χ4v) is 3.11. The fourth-order valence-electron chi connectivity index (χ4n) is 3.11. The molecule has 2 unspecified atom stereocenters. The summed E-state index contributed by atoms with van der Waals surface area (Å²) in [5.41, 5.74) is 2.83. The van der Waals surface area contributed by atoms with Crippen LogP contribution in [0.2, 0.25) is 0 Å². The Morgan fingerprint density at radius 2 is 1.89 bits per heavy atom. The third-order valence-electron chi connectivity index (χ3n) is 4.28. The molecule has 1 aliphatic rings. The van der Waals surface area contributed by atoms with Crippen molar-refractivity contribution < 1.29 is 9.90 Å². The van der Waals surface area contributed by atoms with Crippen LogP contribution < -0.4 is 5.32 Å². The molecular formula is C16H23NO2. The highest BCUT2D eigenvalue weighted by molar-refractivity contribution is 5.97. The van der Waals surface area contributed by atoms with Crippen molar-refractivity contribution in [2.24, 2.45) is 11.8 Å². The molecule has 0 saturated heterocycles. The Morgan fingerprint density at radius 1 is 1.26 bits per heavy atom. The quantitative estimate of drug-likeness (QED) is 0.874. The lowest BCUT2D eigenvalue weighted by Crippen LogP contribution is -2.32. The molecule has 1 saturated carbocycles. The van der Waals surface area contributed by atoms with Gasteiger partial charge in [-0.25, -0.2) is 0 Å². The van der Waals surface area contributed by atoms with Gasteiger partial charge in [0.05, 0.1) is 0 Å². The predicted octanol–water partition coefficient (Wildman–Crippen LogP) is 2.44. The van der Waals surface area contributed by atoms with Crippen LogP contribution in [-0.4, -0.2) is 24.2 Å². The molecule has 0 spiro atoms. The highest BCUT2D eigenvalue weighted by Crippen LogP contribution is 2.30. The smallest absolute Gasteiger partial charge is 0.251 e. The molecule has 1 aromatic rings. The van der Waals surface area contributed by atoms with E-state index in [2.05, 4.69) is 5.32 Å². The Labute approximate surface area is 115 Å². The molecule has 2 rings (SSSR count). The summed E-state index contributed by atoms with van der Waals surface area (Å²) in [6.45, 7) is 4.85. The van der Waals surface area contributed by atoms with E-state index in [1.807, 2.05) is 32.0 Å². The van der Waals surface area contributed by atoms with Crippen molar-refractivity contribution in [3.63, 3.8) is 0 Å². The molecule has 2 atom stereocenters. The fraction of sp³-hybridized carbons (Fsp3) is 0.562. The summed E-state index contributed by atoms with van der Waals surface area (Å²) in [6, 6.07) is 5.90. The first kappa shape index (κ1) is 14.1. The maximum Gasteiger partial charge on any atom is 0.251 e. The zero-order valence-corrected chi connectivity index (χ0v) is 11.8. The molecule has 1 fully saturated rings. The van der Waals surface area contributed by atoms with E-state index in [9.17, 15) is 9.90 Å². The van der Waals surface area contributed by atoms with Crippen molar-refractivity contribution >= 4 is 5.91 Å². The molecule has 0 aliphatic heterocycles. The van der Waals surface area contributed by atoms with Crippen molar-refractivity contribution in [1.29, 1.82) is 0 Å². The first-order chi connectivity index (χ1) is 9.13. The van der Waals surface area contributed by atoms with Crippen molar-refractivity contribution in [3.05, 3.63) is 34.9 Å². The average Bonchev–Trinajstić information content (AvgIpc) is 2.83. The van der Waals surface area contributed by atoms with Crippen LogP contribution in [0.3, 0.4) is 0 Å². The zero-order valence-electron chi connectivity index (χ0n) is 11.8. The summed E-state index contributed by atoms with van der Waals surface area (Å²) in [6.07, 6.45) is 3.36. The van der Waals surface area contributed by atoms with Gasteiger partial charge in [0.25, 0.3) is 5.91 Å². The monoisotopic (exact) mass is 261 g/mol. The van der Waals surface area contributed by atoms with Crippen LogP contribution in [0.15, 0.2) is 18.2 Å². The minimum Gasteiger partial charge on any atom is -0.396 e. The summed E-state index contributed by atoms with van der Waals surface area (Å²) in [7, 11) is 0. The summed E-state index contributed by atoms with van der Waals surface area (Å²) < 4.78 is 0. The Kier molecular flexibility index (Phi) is 4.59. The number of amides is 1. The van der Waals surface area contributed by atoms with Crippen molar-refractivity contribution in [2.75, 3.05) is 13.2 Å². The summed E-state index contributed by atoms with van der Waals surface area (Å²) in [4.78, 5) is 12.3. The van der Waals surface area contributed by atoms with Gasteiger partial charge in [0.1, 0.15) is 0 Å². The maximum absolute atomic E-state index is 12.3. The summed E-state index contributed by atoms with van der Waals surface area (Å²) in [5.74, 6) is 0.802. The van der Waals surface area contributed by atoms with Crippen molar-refractivity contribution in [2.45, 2.75) is 33.1 Å². The molecular weight excluding hydrogens is 238 g/mol. The molecule has 19 heavy (non-hydrogen) atoms. The van der Waals surface area contributed by atoms with Gasteiger partial charge in [0.15, 0.2) is 0 Å². The molecule has 2 N–H and O–H groups in total. The Hall–Kier alpha value is -1.35. The molecule has 104 valence electrons. The molecule has 1 aliphatic carbocycles. The van der Waals surface area contributed by atoms with Gasteiger partial charge >= 0.3 is 0 Å². The lowest BCUT2D eigenvalue weighted by atomic mass is 9.96. The number of rotatable bonds is 4. The molecule has 0 heterocycles. The largest absolute Gasteiger partial charge is 0.396 e. The van der Waals surface area contributed by atoms with Gasteiger partial charge in [-0.2, -0.15) is 0 Å². The van der Waals surface area contributed by atoms with E-state index in [1.54, 1.807) is 0 Å². The highest BCUT2D eigenvalue weighted by atomic mass is 16.3. The average molecular weight is 261 g/mol. The number of nitrogens with one attached hydrogen (secondary N) is 1. The van der Waals surface area contributed by atoms with Crippen LogP contribution in [0.5, 0.6) is 0 Å².